The Bertz CT molecular complexity index is 391. The largest absolute Gasteiger partial charge is 0.337 e. The molecule has 1 heterocycles. The first-order valence-electron chi connectivity index (χ1n) is 3.83. The molecule has 0 unspecified atom stereocenters. The van der Waals surface area contributed by atoms with E-state index in [0.29, 0.717) is 22.1 Å². The number of amides is 1. The van der Waals surface area contributed by atoms with Crippen LogP contribution in [-0.4, -0.2) is 17.9 Å². The molecule has 1 amide bonds. The Kier molecular flexibility index (Phi) is 1.87. The second-order valence-electron chi connectivity index (χ2n) is 3.07. The fourth-order valence-electron chi connectivity index (χ4n) is 1.47. The van der Waals surface area contributed by atoms with E-state index < -0.39 is 0 Å². The molecule has 1 aromatic rings. The molecule has 4 heteroatoms. The van der Waals surface area contributed by atoms with Crippen LogP contribution in [0.1, 0.15) is 15.9 Å². The Morgan fingerprint density at radius 1 is 1.54 bits per heavy atom. The molecular formula is C9H7BrFNO. The van der Waals surface area contributed by atoms with Gasteiger partial charge < -0.3 is 4.90 Å². The van der Waals surface area contributed by atoms with E-state index in [2.05, 4.69) is 15.9 Å². The normalized spacial score (nSPS) is 15.0. The molecule has 68 valence electrons. The number of benzene rings is 1. The lowest BCUT2D eigenvalue weighted by atomic mass is 10.1. The van der Waals surface area contributed by atoms with E-state index >= 15 is 0 Å². The third-order valence-corrected chi connectivity index (χ3v) is 2.59. The molecule has 0 spiro atoms. The van der Waals surface area contributed by atoms with Crippen LogP contribution >= 0.6 is 15.9 Å². The van der Waals surface area contributed by atoms with Gasteiger partial charge in [0.1, 0.15) is 5.82 Å². The van der Waals surface area contributed by atoms with Gasteiger partial charge in [0.25, 0.3) is 5.91 Å². The van der Waals surface area contributed by atoms with Gasteiger partial charge in [0, 0.05) is 29.2 Å². The maximum atomic E-state index is 13.3. The lowest BCUT2D eigenvalue weighted by Gasteiger charge is -2.04. The van der Waals surface area contributed by atoms with E-state index in [4.69, 9.17) is 0 Å². The summed E-state index contributed by atoms with van der Waals surface area (Å²) in [5, 5.41) is 0. The topological polar surface area (TPSA) is 20.3 Å². The molecule has 0 radical (unpaired) electrons. The Morgan fingerprint density at radius 3 is 2.92 bits per heavy atom. The van der Waals surface area contributed by atoms with Crippen LogP contribution in [0.2, 0.25) is 0 Å². The van der Waals surface area contributed by atoms with Crippen molar-refractivity contribution in [1.29, 1.82) is 0 Å². The van der Waals surface area contributed by atoms with Crippen LogP contribution < -0.4 is 0 Å². The van der Waals surface area contributed by atoms with Gasteiger partial charge in [-0.3, -0.25) is 4.79 Å². The van der Waals surface area contributed by atoms with E-state index in [1.165, 1.54) is 11.0 Å². The molecule has 0 bridgehead atoms. The van der Waals surface area contributed by atoms with Crippen molar-refractivity contribution in [2.24, 2.45) is 0 Å². The minimum absolute atomic E-state index is 0.116. The first-order valence-corrected chi connectivity index (χ1v) is 4.62. The van der Waals surface area contributed by atoms with Gasteiger partial charge in [0.15, 0.2) is 0 Å². The van der Waals surface area contributed by atoms with Gasteiger partial charge in [-0.25, -0.2) is 4.39 Å². The summed E-state index contributed by atoms with van der Waals surface area (Å²) in [6.07, 6.45) is 0. The zero-order valence-corrected chi connectivity index (χ0v) is 8.56. The van der Waals surface area contributed by atoms with Gasteiger partial charge in [-0.1, -0.05) is 15.9 Å². The molecule has 0 saturated heterocycles. The van der Waals surface area contributed by atoms with E-state index in [9.17, 15) is 9.18 Å². The molecule has 0 atom stereocenters. The van der Waals surface area contributed by atoms with Crippen molar-refractivity contribution < 1.29 is 9.18 Å². The number of halogens is 2. The zero-order chi connectivity index (χ0) is 9.59. The van der Waals surface area contributed by atoms with Gasteiger partial charge >= 0.3 is 0 Å². The molecule has 0 aromatic heterocycles. The highest BCUT2D eigenvalue weighted by Gasteiger charge is 2.27. The second-order valence-corrected chi connectivity index (χ2v) is 3.99. The highest BCUT2D eigenvalue weighted by molar-refractivity contribution is 9.10. The highest BCUT2D eigenvalue weighted by Crippen LogP contribution is 2.27. The molecule has 0 saturated carbocycles. The van der Waals surface area contributed by atoms with E-state index in [1.807, 2.05) is 0 Å². The quantitative estimate of drug-likeness (QED) is 0.684. The average molecular weight is 244 g/mol. The van der Waals surface area contributed by atoms with Crippen molar-refractivity contribution in [3.8, 4) is 0 Å². The van der Waals surface area contributed by atoms with Crippen molar-refractivity contribution in [3.63, 3.8) is 0 Å². The summed E-state index contributed by atoms with van der Waals surface area (Å²) in [6.45, 7) is 0.368. The minimum atomic E-state index is -0.318. The fraction of sp³-hybridized carbons (Fsp3) is 0.222. The number of rotatable bonds is 0. The predicted octanol–water partition coefficient (Wildman–Crippen LogP) is 2.17. The summed E-state index contributed by atoms with van der Waals surface area (Å²) in [6, 6.07) is 3.04. The molecule has 2 nitrogen and oxygen atoms in total. The fourth-order valence-corrected chi connectivity index (χ4v) is 1.90. The first kappa shape index (κ1) is 8.69. The van der Waals surface area contributed by atoms with Crippen LogP contribution in [-0.2, 0) is 6.54 Å². The summed E-state index contributed by atoms with van der Waals surface area (Å²) in [4.78, 5) is 12.9. The monoisotopic (exact) mass is 243 g/mol. The van der Waals surface area contributed by atoms with Crippen LogP contribution in [0.5, 0.6) is 0 Å². The molecule has 2 rings (SSSR count). The number of carbonyl (C=O) groups excluding carboxylic acids is 1. The lowest BCUT2D eigenvalue weighted by molar-refractivity contribution is 0.0816. The van der Waals surface area contributed by atoms with Gasteiger partial charge in [-0.05, 0) is 12.1 Å². The predicted molar refractivity (Wildman–Crippen MR) is 49.9 cm³/mol. The summed E-state index contributed by atoms with van der Waals surface area (Å²) in [7, 11) is 1.66. The minimum Gasteiger partial charge on any atom is -0.337 e. The SMILES string of the molecule is CN1Cc2c(F)cc(Br)cc2C1=O. The zero-order valence-electron chi connectivity index (χ0n) is 6.97. The molecule has 1 aliphatic heterocycles. The molecule has 13 heavy (non-hydrogen) atoms. The van der Waals surface area contributed by atoms with E-state index in [1.54, 1.807) is 13.1 Å². The molecule has 0 fully saturated rings. The Balaban J connectivity index is 2.64. The summed E-state index contributed by atoms with van der Waals surface area (Å²) in [5.74, 6) is -0.433. The number of nitrogens with zero attached hydrogens (tertiary/aromatic N) is 1. The third kappa shape index (κ3) is 1.25. The number of fused-ring (bicyclic) bond motifs is 1. The second kappa shape index (κ2) is 2.80. The van der Waals surface area contributed by atoms with E-state index in [-0.39, 0.29) is 11.7 Å². The van der Waals surface area contributed by atoms with Gasteiger partial charge in [0.05, 0.1) is 0 Å². The molecule has 1 aliphatic rings. The van der Waals surface area contributed by atoms with Crippen molar-refractivity contribution in [2.75, 3.05) is 7.05 Å². The molecule has 0 aliphatic carbocycles. The summed E-state index contributed by atoms with van der Waals surface area (Å²) < 4.78 is 13.9. The van der Waals surface area contributed by atoms with Crippen molar-refractivity contribution >= 4 is 21.8 Å². The summed E-state index contributed by atoms with van der Waals surface area (Å²) >= 11 is 3.15. The average Bonchev–Trinajstić information content (AvgIpc) is 2.32. The van der Waals surface area contributed by atoms with Gasteiger partial charge in [0.2, 0.25) is 0 Å². The lowest BCUT2D eigenvalue weighted by Crippen LogP contribution is -2.17. The Morgan fingerprint density at radius 2 is 2.23 bits per heavy atom. The van der Waals surface area contributed by atoms with Crippen LogP contribution in [0, 0.1) is 5.82 Å². The molecular weight excluding hydrogens is 237 g/mol. The number of hydrogen-bond acceptors (Lipinski definition) is 1. The molecule has 1 aromatic carbocycles. The van der Waals surface area contributed by atoms with Crippen LogP contribution in [0.25, 0.3) is 0 Å². The van der Waals surface area contributed by atoms with Crippen molar-refractivity contribution in [2.45, 2.75) is 6.54 Å². The van der Waals surface area contributed by atoms with Gasteiger partial charge in [-0.15, -0.1) is 0 Å². The van der Waals surface area contributed by atoms with E-state index in [0.717, 1.165) is 0 Å². The maximum absolute atomic E-state index is 13.3. The number of hydrogen-bond donors (Lipinski definition) is 0. The Labute approximate surface area is 83.5 Å². The van der Waals surface area contributed by atoms with Crippen molar-refractivity contribution in [1.82, 2.24) is 4.90 Å². The smallest absolute Gasteiger partial charge is 0.254 e. The van der Waals surface area contributed by atoms with Crippen molar-refractivity contribution in [3.05, 3.63) is 33.5 Å². The van der Waals surface area contributed by atoms with Crippen LogP contribution in [0.4, 0.5) is 4.39 Å². The highest BCUT2D eigenvalue weighted by atomic mass is 79.9. The summed E-state index contributed by atoms with van der Waals surface area (Å²) in [5.41, 5.74) is 0.963. The molecule has 0 N–H and O–H groups in total. The first-order chi connectivity index (χ1) is 6.09. The Hall–Kier alpha value is -0.900. The van der Waals surface area contributed by atoms with Crippen LogP contribution in [0.15, 0.2) is 16.6 Å². The maximum Gasteiger partial charge on any atom is 0.254 e. The standard InChI is InChI=1S/C9H7BrFNO/c1-12-4-7-6(9(12)13)2-5(10)3-8(7)11/h2-3H,4H2,1H3. The van der Waals surface area contributed by atoms with Gasteiger partial charge in [-0.2, -0.15) is 0 Å². The van der Waals surface area contributed by atoms with Crippen LogP contribution in [0.3, 0.4) is 0 Å². The number of carbonyl (C=O) groups is 1. The third-order valence-electron chi connectivity index (χ3n) is 2.13.